The summed E-state index contributed by atoms with van der Waals surface area (Å²) < 4.78 is 39.5. The van der Waals surface area contributed by atoms with Gasteiger partial charge in [0.1, 0.15) is 6.54 Å². The van der Waals surface area contributed by atoms with Crippen molar-refractivity contribution < 1.29 is 27.9 Å². The van der Waals surface area contributed by atoms with Crippen molar-refractivity contribution in [2.45, 2.75) is 39.0 Å². The van der Waals surface area contributed by atoms with Crippen molar-refractivity contribution in [1.82, 2.24) is 14.7 Å². The summed E-state index contributed by atoms with van der Waals surface area (Å²) >= 11 is 0. The molecular formula is C18H20F3N3O3. The highest BCUT2D eigenvalue weighted by Crippen LogP contribution is 2.29. The van der Waals surface area contributed by atoms with Crippen LogP contribution in [0.3, 0.4) is 0 Å². The highest BCUT2D eigenvalue weighted by Gasteiger charge is 2.30. The van der Waals surface area contributed by atoms with Crippen LogP contribution in [0.15, 0.2) is 36.7 Å². The third-order valence-corrected chi connectivity index (χ3v) is 3.78. The quantitative estimate of drug-likeness (QED) is 0.859. The summed E-state index contributed by atoms with van der Waals surface area (Å²) in [6, 6.07) is 4.25. The summed E-state index contributed by atoms with van der Waals surface area (Å²) in [4.78, 5) is 24.9. The van der Waals surface area contributed by atoms with Gasteiger partial charge in [-0.2, -0.15) is 18.3 Å². The maximum Gasteiger partial charge on any atom is 0.416 e. The molecule has 0 saturated heterocycles. The van der Waals surface area contributed by atoms with Crippen LogP contribution in [0.5, 0.6) is 0 Å². The van der Waals surface area contributed by atoms with E-state index in [2.05, 4.69) is 5.10 Å². The second-order valence-corrected chi connectivity index (χ2v) is 7.09. The van der Waals surface area contributed by atoms with Crippen molar-refractivity contribution in [3.63, 3.8) is 0 Å². The molecule has 1 heterocycles. The molecule has 2 aromatic rings. The van der Waals surface area contributed by atoms with Crippen LogP contribution >= 0.6 is 0 Å². The number of carbonyl (C=O) groups excluding carboxylic acids is 1. The van der Waals surface area contributed by atoms with Gasteiger partial charge >= 0.3 is 12.1 Å². The lowest BCUT2D eigenvalue weighted by molar-refractivity contribution is -0.138. The van der Waals surface area contributed by atoms with Crippen molar-refractivity contribution in [3.8, 4) is 0 Å². The van der Waals surface area contributed by atoms with E-state index in [9.17, 15) is 22.8 Å². The standard InChI is InChI=1S/C18H20F3N3O3/c1-17(2,3)24-10-13(8-22-24)16(27)23(11-15(25)26)9-12-4-6-14(7-5-12)18(19,20)21/h4-8,10H,9,11H2,1-3H3,(H,25,26). The number of hydrogen-bond donors (Lipinski definition) is 1. The molecular weight excluding hydrogens is 363 g/mol. The largest absolute Gasteiger partial charge is 0.480 e. The number of rotatable bonds is 5. The Bertz CT molecular complexity index is 821. The Labute approximate surface area is 154 Å². The number of carboxylic acids is 1. The molecule has 9 heteroatoms. The third-order valence-electron chi connectivity index (χ3n) is 3.78. The number of carbonyl (C=O) groups is 2. The van der Waals surface area contributed by atoms with Gasteiger partial charge in [0, 0.05) is 12.7 Å². The van der Waals surface area contributed by atoms with Gasteiger partial charge in [-0.25, -0.2) is 0 Å². The monoisotopic (exact) mass is 383 g/mol. The van der Waals surface area contributed by atoms with E-state index in [1.165, 1.54) is 24.5 Å². The van der Waals surface area contributed by atoms with E-state index in [1.807, 2.05) is 20.8 Å². The van der Waals surface area contributed by atoms with E-state index < -0.39 is 30.2 Å². The molecule has 0 aliphatic heterocycles. The minimum atomic E-state index is -4.46. The number of aromatic nitrogens is 2. The summed E-state index contributed by atoms with van der Waals surface area (Å²) in [6.45, 7) is 4.97. The first-order valence-electron chi connectivity index (χ1n) is 8.10. The van der Waals surface area contributed by atoms with E-state index >= 15 is 0 Å². The van der Waals surface area contributed by atoms with Gasteiger partial charge in [-0.3, -0.25) is 14.3 Å². The minimum Gasteiger partial charge on any atom is -0.480 e. The average molecular weight is 383 g/mol. The first kappa shape index (κ1) is 20.5. The second-order valence-electron chi connectivity index (χ2n) is 7.09. The lowest BCUT2D eigenvalue weighted by Gasteiger charge is -2.21. The molecule has 1 aromatic carbocycles. The van der Waals surface area contributed by atoms with Crippen LogP contribution < -0.4 is 0 Å². The molecule has 1 N–H and O–H groups in total. The topological polar surface area (TPSA) is 75.4 Å². The Kier molecular flexibility index (Phi) is 5.62. The molecule has 0 unspecified atom stereocenters. The van der Waals surface area contributed by atoms with Crippen LogP contribution in [0.1, 0.15) is 42.3 Å². The van der Waals surface area contributed by atoms with E-state index in [1.54, 1.807) is 4.68 Å². The summed E-state index contributed by atoms with van der Waals surface area (Å²) in [5, 5.41) is 13.2. The molecule has 0 radical (unpaired) electrons. The molecule has 0 aliphatic carbocycles. The Balaban J connectivity index is 2.23. The fourth-order valence-electron chi connectivity index (χ4n) is 2.36. The van der Waals surface area contributed by atoms with Crippen molar-refractivity contribution in [3.05, 3.63) is 53.3 Å². The van der Waals surface area contributed by atoms with Gasteiger partial charge in [-0.1, -0.05) is 12.1 Å². The molecule has 27 heavy (non-hydrogen) atoms. The fraction of sp³-hybridized carbons (Fsp3) is 0.389. The lowest BCUT2D eigenvalue weighted by atomic mass is 10.1. The summed E-state index contributed by atoms with van der Waals surface area (Å²) in [6.07, 6.45) is -1.60. The molecule has 0 spiro atoms. The predicted molar refractivity (Wildman–Crippen MR) is 91.0 cm³/mol. The lowest BCUT2D eigenvalue weighted by Crippen LogP contribution is -2.35. The van der Waals surface area contributed by atoms with Gasteiger partial charge in [0.2, 0.25) is 0 Å². The highest BCUT2D eigenvalue weighted by atomic mass is 19.4. The molecule has 6 nitrogen and oxygen atoms in total. The summed E-state index contributed by atoms with van der Waals surface area (Å²) in [5.74, 6) is -1.79. The molecule has 2 rings (SSSR count). The molecule has 0 atom stereocenters. The first-order chi connectivity index (χ1) is 12.4. The summed E-state index contributed by atoms with van der Waals surface area (Å²) in [7, 11) is 0. The fourth-order valence-corrected chi connectivity index (χ4v) is 2.36. The Morgan fingerprint density at radius 3 is 2.19 bits per heavy atom. The number of benzene rings is 1. The number of nitrogens with zero attached hydrogens (tertiary/aromatic N) is 3. The van der Waals surface area contributed by atoms with E-state index in [0.717, 1.165) is 17.0 Å². The zero-order chi connectivity index (χ0) is 20.4. The minimum absolute atomic E-state index is 0.135. The number of carboxylic acid groups (broad SMARTS) is 1. The van der Waals surface area contributed by atoms with Gasteiger partial charge in [-0.05, 0) is 38.5 Å². The van der Waals surface area contributed by atoms with Crippen LogP contribution in [0, 0.1) is 0 Å². The Hall–Kier alpha value is -2.84. The van der Waals surface area contributed by atoms with E-state index in [-0.39, 0.29) is 17.6 Å². The number of aliphatic carboxylic acids is 1. The molecule has 0 aliphatic rings. The normalized spacial score (nSPS) is 12.1. The van der Waals surface area contributed by atoms with Crippen molar-refractivity contribution in [1.29, 1.82) is 0 Å². The number of amides is 1. The SMILES string of the molecule is CC(C)(C)n1cc(C(=O)N(CC(=O)O)Cc2ccc(C(F)(F)F)cc2)cn1. The van der Waals surface area contributed by atoms with E-state index in [0.29, 0.717) is 5.56 Å². The van der Waals surface area contributed by atoms with Gasteiger partial charge < -0.3 is 10.0 Å². The van der Waals surface area contributed by atoms with Crippen LogP contribution in [0.4, 0.5) is 13.2 Å². The maximum absolute atomic E-state index is 12.7. The maximum atomic E-state index is 12.7. The Morgan fingerprint density at radius 2 is 1.74 bits per heavy atom. The number of halogens is 3. The number of hydrogen-bond acceptors (Lipinski definition) is 3. The van der Waals surface area contributed by atoms with Crippen LogP contribution in [-0.2, 0) is 23.1 Å². The molecule has 0 saturated carbocycles. The molecule has 146 valence electrons. The van der Waals surface area contributed by atoms with Crippen molar-refractivity contribution in [2.75, 3.05) is 6.54 Å². The van der Waals surface area contributed by atoms with Crippen molar-refractivity contribution >= 4 is 11.9 Å². The number of alkyl halides is 3. The van der Waals surface area contributed by atoms with Crippen LogP contribution in [0.25, 0.3) is 0 Å². The van der Waals surface area contributed by atoms with Crippen LogP contribution in [-0.4, -0.2) is 38.2 Å². The van der Waals surface area contributed by atoms with Gasteiger partial charge in [-0.15, -0.1) is 0 Å². The zero-order valence-electron chi connectivity index (χ0n) is 15.1. The molecule has 0 fully saturated rings. The van der Waals surface area contributed by atoms with Crippen LogP contribution in [0.2, 0.25) is 0 Å². The van der Waals surface area contributed by atoms with Gasteiger partial charge in [0.25, 0.3) is 5.91 Å². The molecule has 0 bridgehead atoms. The molecule has 1 aromatic heterocycles. The Morgan fingerprint density at radius 1 is 1.15 bits per heavy atom. The first-order valence-corrected chi connectivity index (χ1v) is 8.10. The van der Waals surface area contributed by atoms with Crippen molar-refractivity contribution in [2.24, 2.45) is 0 Å². The van der Waals surface area contributed by atoms with Gasteiger partial charge in [0.15, 0.2) is 0 Å². The molecule has 1 amide bonds. The van der Waals surface area contributed by atoms with Gasteiger partial charge in [0.05, 0.1) is 22.9 Å². The average Bonchev–Trinajstić information content (AvgIpc) is 3.03. The summed E-state index contributed by atoms with van der Waals surface area (Å²) in [5.41, 5.74) is -0.573. The predicted octanol–water partition coefficient (Wildman–Crippen LogP) is 3.38. The second kappa shape index (κ2) is 7.42. The third kappa shape index (κ3) is 5.32. The highest BCUT2D eigenvalue weighted by molar-refractivity contribution is 5.95. The smallest absolute Gasteiger partial charge is 0.416 e. The van der Waals surface area contributed by atoms with E-state index in [4.69, 9.17) is 5.11 Å². The zero-order valence-corrected chi connectivity index (χ0v) is 15.1.